The number of fused-ring (bicyclic) bond motifs is 6. The van der Waals surface area contributed by atoms with Gasteiger partial charge in [-0.05, 0) is 93.3 Å². The number of nitrogens with zero attached hydrogens (tertiary/aromatic N) is 1. The van der Waals surface area contributed by atoms with Crippen molar-refractivity contribution >= 4 is 62.1 Å². The molecule has 0 saturated heterocycles. The van der Waals surface area contributed by atoms with Crippen molar-refractivity contribution in [1.29, 1.82) is 0 Å². The highest BCUT2D eigenvalue weighted by Crippen LogP contribution is 2.57. The molecule has 0 unspecified atom stereocenters. The zero-order chi connectivity index (χ0) is 30.1. The normalized spacial score (nSPS) is 14.2. The van der Waals surface area contributed by atoms with Gasteiger partial charge in [-0.2, -0.15) is 0 Å². The predicted octanol–water partition coefficient (Wildman–Crippen LogP) is 12.5. The van der Waals surface area contributed by atoms with Crippen LogP contribution in [0.3, 0.4) is 0 Å². The van der Waals surface area contributed by atoms with Gasteiger partial charge in [-0.15, -0.1) is 0 Å². The highest BCUT2D eigenvalue weighted by molar-refractivity contribution is 8.00. The van der Waals surface area contributed by atoms with Crippen molar-refractivity contribution in [2.75, 3.05) is 4.90 Å². The minimum atomic E-state index is -0.136. The Bertz CT molecular complexity index is 2310. The number of hydrogen-bond donors (Lipinski definition) is 0. The van der Waals surface area contributed by atoms with Crippen LogP contribution >= 0.6 is 23.5 Å². The molecule has 7 aromatic rings. The summed E-state index contributed by atoms with van der Waals surface area (Å²) in [6, 6.07) is 50.5. The average molecular weight is 616 g/mol. The Morgan fingerprint density at radius 3 is 2.02 bits per heavy atom. The molecule has 0 aliphatic carbocycles. The lowest BCUT2D eigenvalue weighted by Gasteiger charge is -2.38. The number of hydrogen-bond acceptors (Lipinski definition) is 4. The Labute approximate surface area is 271 Å². The molecule has 45 heavy (non-hydrogen) atoms. The maximum Gasteiger partial charge on any atom is 0.165 e. The van der Waals surface area contributed by atoms with Crippen LogP contribution in [0, 0.1) is 0 Å². The van der Waals surface area contributed by atoms with Crippen LogP contribution in [0.4, 0.5) is 17.1 Å². The summed E-state index contributed by atoms with van der Waals surface area (Å²) in [6.45, 7) is 4.70. The first-order chi connectivity index (χ1) is 22.0. The van der Waals surface area contributed by atoms with Crippen LogP contribution in [0.15, 0.2) is 159 Å². The molecule has 0 saturated carbocycles. The zero-order valence-electron chi connectivity index (χ0n) is 25.0. The fraction of sp³-hybridized carbons (Fsp3) is 0.0732. The van der Waals surface area contributed by atoms with Gasteiger partial charge in [-0.1, -0.05) is 116 Å². The van der Waals surface area contributed by atoms with Gasteiger partial charge in [0.25, 0.3) is 0 Å². The van der Waals surface area contributed by atoms with Gasteiger partial charge < -0.3 is 9.64 Å². The molecule has 0 bridgehead atoms. The SMILES string of the molecule is CC1(C)c2ccccc2Sc2c(N(c3ccc4cc5ccccc5cc4c3)c3cccc4c3Oc3ccccc3S4)cccc21. The zero-order valence-corrected chi connectivity index (χ0v) is 26.6. The maximum absolute atomic E-state index is 6.75. The molecule has 0 aromatic heterocycles. The van der Waals surface area contributed by atoms with E-state index in [-0.39, 0.29) is 5.41 Å². The van der Waals surface area contributed by atoms with E-state index in [1.165, 1.54) is 42.5 Å². The van der Waals surface area contributed by atoms with Crippen molar-refractivity contribution in [3.05, 3.63) is 151 Å². The van der Waals surface area contributed by atoms with Crippen molar-refractivity contribution < 1.29 is 4.74 Å². The monoisotopic (exact) mass is 615 g/mol. The van der Waals surface area contributed by atoms with E-state index in [0.29, 0.717) is 0 Å². The number of para-hydroxylation sites is 2. The van der Waals surface area contributed by atoms with Gasteiger partial charge in [0.15, 0.2) is 5.75 Å². The van der Waals surface area contributed by atoms with Gasteiger partial charge in [0.2, 0.25) is 0 Å². The number of benzene rings is 7. The highest BCUT2D eigenvalue weighted by Gasteiger charge is 2.36. The van der Waals surface area contributed by atoms with E-state index < -0.39 is 0 Å². The molecule has 2 heterocycles. The van der Waals surface area contributed by atoms with Crippen LogP contribution < -0.4 is 9.64 Å². The van der Waals surface area contributed by atoms with E-state index >= 15 is 0 Å². The van der Waals surface area contributed by atoms with Crippen molar-refractivity contribution in [2.24, 2.45) is 0 Å². The van der Waals surface area contributed by atoms with E-state index in [1.54, 1.807) is 11.8 Å². The molecule has 2 nitrogen and oxygen atoms in total. The molecule has 216 valence electrons. The van der Waals surface area contributed by atoms with Crippen LogP contribution in [0.5, 0.6) is 11.5 Å². The standard InChI is InChI=1S/C41H29NOS2/c1-41(2)31-13-5-7-18-36(31)45-40-32(41)14-9-16-34(40)42(30-22-21-28-23-26-11-3-4-12-27(26)24-29(28)25-30)33-15-10-20-38-39(33)43-35-17-6-8-19-37(35)44-38/h3-25H,1-2H3. The van der Waals surface area contributed by atoms with Crippen LogP contribution in [-0.2, 0) is 5.41 Å². The van der Waals surface area contributed by atoms with E-state index in [4.69, 9.17) is 4.74 Å². The molecule has 2 aliphatic rings. The predicted molar refractivity (Wildman–Crippen MR) is 189 cm³/mol. The van der Waals surface area contributed by atoms with Crippen LogP contribution in [0.1, 0.15) is 25.0 Å². The van der Waals surface area contributed by atoms with Gasteiger partial charge >= 0.3 is 0 Å². The van der Waals surface area contributed by atoms with Gasteiger partial charge in [0.1, 0.15) is 5.75 Å². The van der Waals surface area contributed by atoms with Gasteiger partial charge in [0, 0.05) is 20.9 Å². The van der Waals surface area contributed by atoms with Crippen molar-refractivity contribution in [1.82, 2.24) is 0 Å². The van der Waals surface area contributed by atoms with Crippen molar-refractivity contribution in [2.45, 2.75) is 38.8 Å². The topological polar surface area (TPSA) is 12.5 Å². The number of rotatable bonds is 3. The first-order valence-corrected chi connectivity index (χ1v) is 16.9. The Morgan fingerprint density at radius 2 is 1.16 bits per heavy atom. The Kier molecular flexibility index (Phi) is 6.06. The highest BCUT2D eigenvalue weighted by atomic mass is 32.2. The fourth-order valence-electron chi connectivity index (χ4n) is 6.81. The van der Waals surface area contributed by atoms with Crippen LogP contribution in [0.2, 0.25) is 0 Å². The van der Waals surface area contributed by atoms with E-state index in [1.807, 2.05) is 17.8 Å². The summed E-state index contributed by atoms with van der Waals surface area (Å²) >= 11 is 3.64. The lowest BCUT2D eigenvalue weighted by Crippen LogP contribution is -2.25. The quantitative estimate of drug-likeness (QED) is 0.183. The van der Waals surface area contributed by atoms with E-state index in [2.05, 4.69) is 152 Å². The second kappa shape index (κ2) is 10.2. The summed E-state index contributed by atoms with van der Waals surface area (Å²) < 4.78 is 6.75. The molecule has 2 aliphatic heterocycles. The Hall–Kier alpha value is -4.64. The van der Waals surface area contributed by atoms with E-state index in [0.717, 1.165) is 38.4 Å². The molecule has 7 aromatic carbocycles. The number of ether oxygens (including phenoxy) is 1. The average Bonchev–Trinajstić information content (AvgIpc) is 3.07. The molecular formula is C41H29NOS2. The number of anilines is 3. The molecule has 0 fully saturated rings. The Balaban J connectivity index is 1.30. The van der Waals surface area contributed by atoms with Gasteiger partial charge in [-0.25, -0.2) is 0 Å². The molecule has 0 radical (unpaired) electrons. The summed E-state index contributed by atoms with van der Waals surface area (Å²) in [6.07, 6.45) is 0. The lowest BCUT2D eigenvalue weighted by molar-refractivity contribution is 0.455. The van der Waals surface area contributed by atoms with Crippen molar-refractivity contribution in [3.63, 3.8) is 0 Å². The molecular weight excluding hydrogens is 587 g/mol. The molecule has 0 spiro atoms. The fourth-order valence-corrected chi connectivity index (χ4v) is 9.29. The summed E-state index contributed by atoms with van der Waals surface area (Å²) in [5.41, 5.74) is 5.86. The molecule has 0 atom stereocenters. The van der Waals surface area contributed by atoms with E-state index in [9.17, 15) is 0 Å². The third-order valence-corrected chi connectivity index (χ3v) is 11.4. The van der Waals surface area contributed by atoms with Gasteiger partial charge in [-0.3, -0.25) is 0 Å². The summed E-state index contributed by atoms with van der Waals surface area (Å²) in [4.78, 5) is 7.26. The third-order valence-electron chi connectivity index (χ3n) is 9.11. The maximum atomic E-state index is 6.75. The summed E-state index contributed by atoms with van der Waals surface area (Å²) in [5, 5.41) is 4.94. The molecule has 0 amide bonds. The summed E-state index contributed by atoms with van der Waals surface area (Å²) in [7, 11) is 0. The lowest BCUT2D eigenvalue weighted by atomic mass is 9.77. The second-order valence-electron chi connectivity index (χ2n) is 12.2. The Morgan fingerprint density at radius 1 is 0.511 bits per heavy atom. The first kappa shape index (κ1) is 26.7. The molecule has 4 heteroatoms. The third kappa shape index (κ3) is 4.28. The first-order valence-electron chi connectivity index (χ1n) is 15.3. The molecule has 9 rings (SSSR count). The minimum Gasteiger partial charge on any atom is -0.453 e. The second-order valence-corrected chi connectivity index (χ2v) is 14.3. The minimum absolute atomic E-state index is 0.136. The summed E-state index contributed by atoms with van der Waals surface area (Å²) in [5.74, 6) is 1.78. The molecule has 0 N–H and O–H groups in total. The van der Waals surface area contributed by atoms with Gasteiger partial charge in [0.05, 0.1) is 21.2 Å². The largest absolute Gasteiger partial charge is 0.453 e. The van der Waals surface area contributed by atoms with Crippen molar-refractivity contribution in [3.8, 4) is 11.5 Å². The van der Waals surface area contributed by atoms with Crippen LogP contribution in [-0.4, -0.2) is 0 Å². The smallest absolute Gasteiger partial charge is 0.165 e. The van der Waals surface area contributed by atoms with Crippen LogP contribution in [0.25, 0.3) is 21.5 Å².